The molecule has 0 radical (unpaired) electrons. The van der Waals surface area contributed by atoms with Gasteiger partial charge in [-0.25, -0.2) is 0 Å². The third kappa shape index (κ3) is 22.5. The molecule has 0 aliphatic heterocycles. The van der Waals surface area contributed by atoms with Crippen LogP contribution in [-0.2, 0) is 19.1 Å². The summed E-state index contributed by atoms with van der Waals surface area (Å²) in [5.41, 5.74) is 0. The second kappa shape index (κ2) is 21.1. The van der Waals surface area contributed by atoms with Crippen molar-refractivity contribution in [3.8, 4) is 0 Å². The van der Waals surface area contributed by atoms with E-state index < -0.39 is 28.4 Å². The van der Waals surface area contributed by atoms with E-state index >= 15 is 0 Å². The monoisotopic (exact) mass is 415 g/mol. The summed E-state index contributed by atoms with van der Waals surface area (Å²) in [5, 5.41) is 8.56. The SMILES string of the molecule is CCCCCCCCCCCCCCCCCC(=O)OS(=O)(=O)CCO.[Na+]. The maximum atomic E-state index is 11.4. The molecule has 5 nitrogen and oxygen atoms in total. The van der Waals surface area contributed by atoms with Crippen LogP contribution in [0.25, 0.3) is 0 Å². The molecule has 0 spiro atoms. The summed E-state index contributed by atoms with van der Waals surface area (Å²) in [5.74, 6) is -1.24. The van der Waals surface area contributed by atoms with Crippen LogP contribution >= 0.6 is 0 Å². The molecule has 1 N–H and O–H groups in total. The predicted molar refractivity (Wildman–Crippen MR) is 107 cm³/mol. The van der Waals surface area contributed by atoms with Crippen LogP contribution in [-0.4, -0.2) is 31.9 Å². The van der Waals surface area contributed by atoms with E-state index in [2.05, 4.69) is 11.1 Å². The molecule has 0 amide bonds. The smallest absolute Gasteiger partial charge is 0.395 e. The second-order valence-corrected chi connectivity index (χ2v) is 8.83. The van der Waals surface area contributed by atoms with Crippen molar-refractivity contribution in [3.05, 3.63) is 0 Å². The Hall–Kier alpha value is 0.380. The summed E-state index contributed by atoms with van der Waals surface area (Å²) in [6.07, 6.45) is 18.8. The fourth-order valence-electron chi connectivity index (χ4n) is 2.98. The number of rotatable bonds is 19. The standard InChI is InChI=1S/C20H40O5S.Na/c1-2-3-4-5-6-7-8-9-10-11-12-13-14-15-16-17-20(22)25-26(23,24)19-18-21;/h21H,2-19H2,1H3;/q;+1. The van der Waals surface area contributed by atoms with Crippen LogP contribution in [0, 0.1) is 0 Å². The van der Waals surface area contributed by atoms with Gasteiger partial charge in [-0.15, -0.1) is 0 Å². The summed E-state index contributed by atoms with van der Waals surface area (Å²) in [6.45, 7) is 1.72. The van der Waals surface area contributed by atoms with Crippen molar-refractivity contribution in [2.24, 2.45) is 0 Å². The Labute approximate surface area is 189 Å². The fourth-order valence-corrected chi connectivity index (χ4v) is 3.65. The topological polar surface area (TPSA) is 80.7 Å². The van der Waals surface area contributed by atoms with E-state index in [9.17, 15) is 13.2 Å². The number of carbonyl (C=O) groups is 1. The molecule has 0 aromatic heterocycles. The minimum absolute atomic E-state index is 0. The molecule has 0 atom stereocenters. The fraction of sp³-hybridized carbons (Fsp3) is 0.950. The van der Waals surface area contributed by atoms with Crippen molar-refractivity contribution in [2.45, 2.75) is 110 Å². The van der Waals surface area contributed by atoms with Crippen LogP contribution in [0.5, 0.6) is 0 Å². The normalized spacial score (nSPS) is 11.2. The number of hydrogen-bond acceptors (Lipinski definition) is 5. The molecule has 0 aromatic carbocycles. The van der Waals surface area contributed by atoms with Gasteiger partial charge in [-0.2, -0.15) is 8.42 Å². The molecule has 0 fully saturated rings. The molecule has 0 saturated heterocycles. The van der Waals surface area contributed by atoms with E-state index in [0.29, 0.717) is 6.42 Å². The van der Waals surface area contributed by atoms with Crippen molar-refractivity contribution >= 4 is 16.1 Å². The van der Waals surface area contributed by atoms with E-state index in [0.717, 1.165) is 12.8 Å². The average molecular weight is 416 g/mol. The summed E-state index contributed by atoms with van der Waals surface area (Å²) in [7, 11) is -3.90. The molecule has 0 rings (SSSR count). The zero-order valence-corrected chi connectivity index (χ0v) is 20.5. The van der Waals surface area contributed by atoms with E-state index in [4.69, 9.17) is 5.11 Å². The van der Waals surface area contributed by atoms with Crippen LogP contribution < -0.4 is 29.6 Å². The minimum atomic E-state index is -3.90. The van der Waals surface area contributed by atoms with Gasteiger partial charge < -0.3 is 9.29 Å². The van der Waals surface area contributed by atoms with Gasteiger partial charge >= 0.3 is 45.6 Å². The number of hydrogen-bond donors (Lipinski definition) is 1. The van der Waals surface area contributed by atoms with Crippen LogP contribution in [0.15, 0.2) is 0 Å². The Morgan fingerprint density at radius 2 is 1.11 bits per heavy atom. The Balaban J connectivity index is 0. The van der Waals surface area contributed by atoms with Gasteiger partial charge in [-0.1, -0.05) is 96.8 Å². The zero-order chi connectivity index (χ0) is 19.5. The van der Waals surface area contributed by atoms with E-state index in [1.165, 1.54) is 77.0 Å². The van der Waals surface area contributed by atoms with E-state index in [1.54, 1.807) is 0 Å². The summed E-state index contributed by atoms with van der Waals surface area (Å²) < 4.78 is 26.8. The molecule has 7 heteroatoms. The van der Waals surface area contributed by atoms with Crippen molar-refractivity contribution < 1.29 is 52.1 Å². The van der Waals surface area contributed by atoms with Crippen molar-refractivity contribution in [1.29, 1.82) is 0 Å². The van der Waals surface area contributed by atoms with Gasteiger partial charge in [0.2, 0.25) is 0 Å². The van der Waals surface area contributed by atoms with Gasteiger partial charge in [0.1, 0.15) is 5.75 Å². The third-order valence-corrected chi connectivity index (χ3v) is 5.67. The van der Waals surface area contributed by atoms with Crippen LogP contribution in [0.2, 0.25) is 0 Å². The Bertz CT molecular complexity index is 426. The van der Waals surface area contributed by atoms with Crippen LogP contribution in [0.1, 0.15) is 110 Å². The number of aliphatic hydroxyl groups excluding tert-OH is 1. The Morgan fingerprint density at radius 1 is 0.741 bits per heavy atom. The zero-order valence-electron chi connectivity index (χ0n) is 17.7. The molecule has 0 saturated carbocycles. The molecule has 0 unspecified atom stereocenters. The Kier molecular flexibility index (Phi) is 23.1. The molecule has 0 aliphatic rings. The molecule has 0 bridgehead atoms. The second-order valence-electron chi connectivity index (χ2n) is 7.14. The summed E-state index contributed by atoms with van der Waals surface area (Å²) >= 11 is 0. The largest absolute Gasteiger partial charge is 1.00 e. The van der Waals surface area contributed by atoms with E-state index in [1.807, 2.05) is 0 Å². The Morgan fingerprint density at radius 3 is 1.48 bits per heavy atom. The maximum absolute atomic E-state index is 11.4. The quantitative estimate of drug-likeness (QED) is 0.199. The first-order chi connectivity index (χ1) is 12.5. The first kappa shape index (κ1) is 29.6. The van der Waals surface area contributed by atoms with Crippen molar-refractivity contribution in [2.75, 3.05) is 12.4 Å². The van der Waals surface area contributed by atoms with Crippen LogP contribution in [0.4, 0.5) is 0 Å². The summed E-state index contributed by atoms with van der Waals surface area (Å²) in [6, 6.07) is 0. The molecule has 0 heterocycles. The molecular weight excluding hydrogens is 375 g/mol. The maximum Gasteiger partial charge on any atom is 1.00 e. The molecule has 27 heavy (non-hydrogen) atoms. The van der Waals surface area contributed by atoms with Crippen molar-refractivity contribution in [3.63, 3.8) is 0 Å². The minimum Gasteiger partial charge on any atom is -0.395 e. The number of carbonyl (C=O) groups excluding carboxylic acids is 1. The van der Waals surface area contributed by atoms with E-state index in [-0.39, 0.29) is 36.0 Å². The van der Waals surface area contributed by atoms with Gasteiger partial charge in [-0.3, -0.25) is 4.79 Å². The third-order valence-electron chi connectivity index (χ3n) is 4.55. The first-order valence-electron chi connectivity index (χ1n) is 10.6. The molecule has 0 aromatic rings. The van der Waals surface area contributed by atoms with Gasteiger partial charge in [0, 0.05) is 6.42 Å². The van der Waals surface area contributed by atoms with Gasteiger partial charge in [-0.05, 0) is 6.42 Å². The average Bonchev–Trinajstić information content (AvgIpc) is 2.57. The number of unbranched alkanes of at least 4 members (excludes halogenated alkanes) is 14. The molecule has 156 valence electrons. The first-order valence-corrected chi connectivity index (χ1v) is 12.2. The van der Waals surface area contributed by atoms with Gasteiger partial charge in [0.05, 0.1) is 6.61 Å². The molecule has 0 aliphatic carbocycles. The van der Waals surface area contributed by atoms with Gasteiger partial charge in [0.15, 0.2) is 0 Å². The van der Waals surface area contributed by atoms with Crippen molar-refractivity contribution in [1.82, 2.24) is 0 Å². The summed E-state index contributed by atoms with van der Waals surface area (Å²) in [4.78, 5) is 11.4. The van der Waals surface area contributed by atoms with Gasteiger partial charge in [0.25, 0.3) is 0 Å². The predicted octanol–water partition coefficient (Wildman–Crippen LogP) is 2.12. The number of aliphatic hydroxyl groups is 1. The molecular formula is C20H40NaO5S+. The van der Waals surface area contributed by atoms with Crippen LogP contribution in [0.3, 0.4) is 0 Å².